The fourth-order valence-electron chi connectivity index (χ4n) is 1.65. The highest BCUT2D eigenvalue weighted by molar-refractivity contribution is 6.48. The van der Waals surface area contributed by atoms with Crippen LogP contribution in [-0.4, -0.2) is 4.92 Å². The molecule has 0 saturated carbocycles. The van der Waals surface area contributed by atoms with Crippen LogP contribution in [0.25, 0.3) is 11.1 Å². The molecule has 0 heterocycles. The normalized spacial score (nSPS) is 10.5. The molecule has 0 aliphatic rings. The van der Waals surface area contributed by atoms with Crippen molar-refractivity contribution in [3.8, 4) is 11.1 Å². The molecule has 2 aromatic carbocycles. The lowest BCUT2D eigenvalue weighted by atomic mass is 10.0. The predicted octanol–water partition coefficient (Wildman–Crippen LogP) is 5.36. The average Bonchev–Trinajstić information content (AvgIpc) is 2.35. The Kier molecular flexibility index (Phi) is 3.94. The van der Waals surface area contributed by atoms with Crippen LogP contribution >= 0.6 is 34.8 Å². The Morgan fingerprint density at radius 3 is 2.21 bits per heavy atom. The van der Waals surface area contributed by atoms with Crippen molar-refractivity contribution < 1.29 is 9.31 Å². The van der Waals surface area contributed by atoms with Gasteiger partial charge in [0, 0.05) is 6.07 Å². The molecule has 0 spiro atoms. The van der Waals surface area contributed by atoms with Gasteiger partial charge in [0.1, 0.15) is 5.82 Å². The zero-order chi connectivity index (χ0) is 14.2. The lowest BCUT2D eigenvalue weighted by Crippen LogP contribution is -1.95. The molecule has 2 aromatic rings. The summed E-state index contributed by atoms with van der Waals surface area (Å²) in [4.78, 5) is 10.3. The lowest BCUT2D eigenvalue weighted by molar-refractivity contribution is -0.384. The minimum absolute atomic E-state index is 0.0988. The highest BCUT2D eigenvalue weighted by Gasteiger charge is 2.21. The van der Waals surface area contributed by atoms with Gasteiger partial charge in [-0.15, -0.1) is 0 Å². The molecular formula is C12H5Cl3FNO2. The standard InChI is InChI=1S/C12H5Cl3FNO2/c13-7-4-6(5-8(14)12(7)15)11-9(16)2-1-3-10(11)17(18)19/h1-5H. The van der Waals surface area contributed by atoms with Gasteiger partial charge in [0.15, 0.2) is 0 Å². The Bertz CT molecular complexity index is 653. The quantitative estimate of drug-likeness (QED) is 0.424. The first-order valence-electron chi connectivity index (χ1n) is 4.99. The molecule has 0 N–H and O–H groups in total. The van der Waals surface area contributed by atoms with Gasteiger partial charge in [-0.05, 0) is 23.8 Å². The number of hydrogen-bond acceptors (Lipinski definition) is 2. The van der Waals surface area contributed by atoms with Crippen molar-refractivity contribution in [3.05, 3.63) is 61.3 Å². The second-order valence-corrected chi connectivity index (χ2v) is 4.84. The molecule has 0 saturated heterocycles. The van der Waals surface area contributed by atoms with Crippen LogP contribution in [0.15, 0.2) is 30.3 Å². The molecule has 0 unspecified atom stereocenters. The van der Waals surface area contributed by atoms with E-state index in [0.29, 0.717) is 0 Å². The van der Waals surface area contributed by atoms with Gasteiger partial charge in [0.05, 0.1) is 25.6 Å². The highest BCUT2D eigenvalue weighted by atomic mass is 35.5. The van der Waals surface area contributed by atoms with Gasteiger partial charge in [-0.3, -0.25) is 10.1 Å². The molecule has 0 aliphatic carbocycles. The van der Waals surface area contributed by atoms with E-state index in [0.717, 1.165) is 6.07 Å². The number of rotatable bonds is 2. The van der Waals surface area contributed by atoms with E-state index in [1.54, 1.807) is 0 Å². The van der Waals surface area contributed by atoms with Gasteiger partial charge in [-0.25, -0.2) is 4.39 Å². The molecule has 2 rings (SSSR count). The zero-order valence-electron chi connectivity index (χ0n) is 9.16. The largest absolute Gasteiger partial charge is 0.280 e. The lowest BCUT2D eigenvalue weighted by Gasteiger charge is -2.07. The molecule has 0 radical (unpaired) electrons. The Balaban J connectivity index is 2.75. The molecule has 98 valence electrons. The van der Waals surface area contributed by atoms with Crippen LogP contribution in [0.4, 0.5) is 10.1 Å². The summed E-state index contributed by atoms with van der Waals surface area (Å²) in [6, 6.07) is 6.26. The Hall–Kier alpha value is -1.36. The van der Waals surface area contributed by atoms with Crippen molar-refractivity contribution in [2.24, 2.45) is 0 Å². The molecule has 0 fully saturated rings. The molecule has 0 atom stereocenters. The first-order valence-corrected chi connectivity index (χ1v) is 6.13. The maximum atomic E-state index is 13.8. The third kappa shape index (κ3) is 2.66. The molecule has 0 aliphatic heterocycles. The topological polar surface area (TPSA) is 43.1 Å². The van der Waals surface area contributed by atoms with Gasteiger partial charge < -0.3 is 0 Å². The van der Waals surface area contributed by atoms with E-state index in [1.807, 2.05) is 0 Å². The molecular weight excluding hydrogens is 315 g/mol. The average molecular weight is 321 g/mol. The van der Waals surface area contributed by atoms with Gasteiger partial charge in [0.25, 0.3) is 5.69 Å². The van der Waals surface area contributed by atoms with Gasteiger partial charge in [-0.1, -0.05) is 40.9 Å². The van der Waals surface area contributed by atoms with Gasteiger partial charge >= 0.3 is 0 Å². The summed E-state index contributed by atoms with van der Waals surface area (Å²) in [7, 11) is 0. The first-order chi connectivity index (χ1) is 8.91. The smallest absolute Gasteiger partial charge is 0.258 e. The van der Waals surface area contributed by atoms with Crippen molar-refractivity contribution in [3.63, 3.8) is 0 Å². The Morgan fingerprint density at radius 2 is 1.68 bits per heavy atom. The maximum Gasteiger partial charge on any atom is 0.280 e. The number of nitro groups is 1. The summed E-state index contributed by atoms with van der Waals surface area (Å²) in [6.07, 6.45) is 0. The molecule has 3 nitrogen and oxygen atoms in total. The van der Waals surface area contributed by atoms with Crippen molar-refractivity contribution in [2.75, 3.05) is 0 Å². The molecule has 0 aromatic heterocycles. The van der Waals surface area contributed by atoms with E-state index < -0.39 is 10.7 Å². The second-order valence-electron chi connectivity index (χ2n) is 3.64. The van der Waals surface area contributed by atoms with E-state index in [-0.39, 0.29) is 31.9 Å². The van der Waals surface area contributed by atoms with Crippen LogP contribution in [0.5, 0.6) is 0 Å². The fraction of sp³-hybridized carbons (Fsp3) is 0. The maximum absolute atomic E-state index is 13.8. The summed E-state index contributed by atoms with van der Waals surface area (Å²) in [6.45, 7) is 0. The zero-order valence-corrected chi connectivity index (χ0v) is 11.4. The number of benzene rings is 2. The predicted molar refractivity (Wildman–Crippen MR) is 73.5 cm³/mol. The number of nitro benzene ring substituents is 1. The first kappa shape index (κ1) is 14.1. The van der Waals surface area contributed by atoms with Gasteiger partial charge in [0.2, 0.25) is 0 Å². The third-order valence-corrected chi connectivity index (χ3v) is 3.66. The van der Waals surface area contributed by atoms with Crippen LogP contribution in [0.1, 0.15) is 0 Å². The highest BCUT2D eigenvalue weighted by Crippen LogP contribution is 2.39. The van der Waals surface area contributed by atoms with Crippen LogP contribution in [0.3, 0.4) is 0 Å². The third-order valence-electron chi connectivity index (χ3n) is 2.46. The van der Waals surface area contributed by atoms with Crippen molar-refractivity contribution in [1.29, 1.82) is 0 Å². The monoisotopic (exact) mass is 319 g/mol. The minimum Gasteiger partial charge on any atom is -0.258 e. The number of hydrogen-bond donors (Lipinski definition) is 0. The van der Waals surface area contributed by atoms with E-state index >= 15 is 0 Å². The minimum atomic E-state index is -0.733. The van der Waals surface area contributed by atoms with E-state index in [2.05, 4.69) is 0 Å². The van der Waals surface area contributed by atoms with Crippen molar-refractivity contribution >= 4 is 40.5 Å². The summed E-state index contributed by atoms with van der Waals surface area (Å²) < 4.78 is 13.8. The summed E-state index contributed by atoms with van der Waals surface area (Å²) in [5.41, 5.74) is -0.341. The SMILES string of the molecule is O=[N+]([O-])c1cccc(F)c1-c1cc(Cl)c(Cl)c(Cl)c1. The summed E-state index contributed by atoms with van der Waals surface area (Å²) in [5, 5.41) is 11.2. The van der Waals surface area contributed by atoms with Crippen LogP contribution in [0.2, 0.25) is 15.1 Å². The van der Waals surface area contributed by atoms with Crippen molar-refractivity contribution in [2.45, 2.75) is 0 Å². The van der Waals surface area contributed by atoms with Gasteiger partial charge in [-0.2, -0.15) is 0 Å². The van der Waals surface area contributed by atoms with E-state index in [9.17, 15) is 14.5 Å². The van der Waals surface area contributed by atoms with E-state index in [1.165, 1.54) is 24.3 Å². The van der Waals surface area contributed by atoms with Crippen molar-refractivity contribution in [1.82, 2.24) is 0 Å². The summed E-state index contributed by atoms with van der Waals surface area (Å²) in [5.74, 6) is -0.733. The molecule has 0 bridgehead atoms. The molecule has 7 heteroatoms. The van der Waals surface area contributed by atoms with Crippen LogP contribution in [0, 0.1) is 15.9 Å². The van der Waals surface area contributed by atoms with Crippen LogP contribution < -0.4 is 0 Å². The van der Waals surface area contributed by atoms with E-state index in [4.69, 9.17) is 34.8 Å². The number of nitrogens with zero attached hydrogens (tertiary/aromatic N) is 1. The summed E-state index contributed by atoms with van der Waals surface area (Å²) >= 11 is 17.5. The number of halogens is 4. The fourth-order valence-corrected chi connectivity index (χ4v) is 2.25. The molecule has 19 heavy (non-hydrogen) atoms. The molecule has 0 amide bonds. The van der Waals surface area contributed by atoms with Crippen LogP contribution in [-0.2, 0) is 0 Å². The second kappa shape index (κ2) is 5.33. The Morgan fingerprint density at radius 1 is 1.11 bits per heavy atom. The Labute approximate surface area is 122 Å².